The summed E-state index contributed by atoms with van der Waals surface area (Å²) in [4.78, 5) is 44.1. The highest BCUT2D eigenvalue weighted by molar-refractivity contribution is 5.96. The Bertz CT molecular complexity index is 1480. The Morgan fingerprint density at radius 2 is 1.74 bits per heavy atom. The molecule has 204 valence electrons. The molecule has 1 fully saturated rings. The molecule has 2 aliphatic heterocycles. The van der Waals surface area contributed by atoms with Crippen molar-refractivity contribution in [3.63, 3.8) is 0 Å². The lowest BCUT2D eigenvalue weighted by Gasteiger charge is -2.35. The van der Waals surface area contributed by atoms with Crippen molar-refractivity contribution < 1.29 is 23.5 Å². The lowest BCUT2D eigenvalue weighted by molar-refractivity contribution is -0.118. The molecule has 9 nitrogen and oxygen atoms in total. The standard InChI is InChI=1S/C30H33N3O6/c1-20(2)8-11-33(23-5-6-24-21(3)16-29(35)39-26(24)18-23)28(34)9-10-31-12-14-32(15-13-31)30(36)22-4-7-25-27(17-22)38-19-37-25/h4-8,16-18H,9-15,19H2,1-3H3. The van der Waals surface area contributed by atoms with E-state index in [9.17, 15) is 14.4 Å². The molecule has 0 N–H and O–H groups in total. The number of fused-ring (bicyclic) bond motifs is 2. The van der Waals surface area contributed by atoms with E-state index in [1.165, 1.54) is 6.07 Å². The van der Waals surface area contributed by atoms with E-state index in [0.29, 0.717) is 74.0 Å². The van der Waals surface area contributed by atoms with Crippen molar-refractivity contribution in [2.24, 2.45) is 0 Å². The predicted octanol–water partition coefficient (Wildman–Crippen LogP) is 3.98. The van der Waals surface area contributed by atoms with Crippen molar-refractivity contribution in [2.75, 3.05) is 51.0 Å². The van der Waals surface area contributed by atoms with Crippen LogP contribution in [0, 0.1) is 6.92 Å². The number of anilines is 1. The van der Waals surface area contributed by atoms with E-state index in [2.05, 4.69) is 4.90 Å². The van der Waals surface area contributed by atoms with Crippen LogP contribution in [0.3, 0.4) is 0 Å². The van der Waals surface area contributed by atoms with Crippen LogP contribution in [-0.4, -0.2) is 67.7 Å². The first-order valence-corrected chi connectivity index (χ1v) is 13.2. The maximum atomic E-state index is 13.4. The second-order valence-electron chi connectivity index (χ2n) is 10.2. The molecule has 0 radical (unpaired) electrons. The summed E-state index contributed by atoms with van der Waals surface area (Å²) in [5.41, 5.74) is 3.29. The Morgan fingerprint density at radius 3 is 2.51 bits per heavy atom. The van der Waals surface area contributed by atoms with E-state index in [4.69, 9.17) is 13.9 Å². The molecule has 0 atom stereocenters. The summed E-state index contributed by atoms with van der Waals surface area (Å²) in [6, 6.07) is 12.3. The minimum absolute atomic E-state index is 0.0132. The number of aryl methyl sites for hydroxylation is 1. The zero-order valence-electron chi connectivity index (χ0n) is 22.6. The summed E-state index contributed by atoms with van der Waals surface area (Å²) in [5, 5.41) is 0.848. The third-order valence-corrected chi connectivity index (χ3v) is 7.15. The van der Waals surface area contributed by atoms with Gasteiger partial charge in [-0.15, -0.1) is 0 Å². The lowest BCUT2D eigenvalue weighted by Crippen LogP contribution is -2.49. The molecule has 2 aliphatic rings. The van der Waals surface area contributed by atoms with Gasteiger partial charge in [-0.3, -0.25) is 14.5 Å². The van der Waals surface area contributed by atoms with Crippen molar-refractivity contribution >= 4 is 28.5 Å². The van der Waals surface area contributed by atoms with Crippen LogP contribution in [0.15, 0.2) is 63.3 Å². The molecule has 0 bridgehead atoms. The normalized spacial score (nSPS) is 14.9. The highest BCUT2D eigenvalue weighted by atomic mass is 16.7. The molecule has 1 aromatic heterocycles. The molecule has 9 heteroatoms. The largest absolute Gasteiger partial charge is 0.454 e. The maximum absolute atomic E-state index is 13.4. The number of hydrogen-bond donors (Lipinski definition) is 0. The Balaban J connectivity index is 1.21. The van der Waals surface area contributed by atoms with Gasteiger partial charge >= 0.3 is 5.63 Å². The minimum atomic E-state index is -0.407. The van der Waals surface area contributed by atoms with Gasteiger partial charge in [0.05, 0.1) is 0 Å². The fourth-order valence-corrected chi connectivity index (χ4v) is 4.88. The number of allylic oxidation sites excluding steroid dienone is 1. The summed E-state index contributed by atoms with van der Waals surface area (Å²) in [5.74, 6) is 1.21. The van der Waals surface area contributed by atoms with Gasteiger partial charge in [0.25, 0.3) is 5.91 Å². The summed E-state index contributed by atoms with van der Waals surface area (Å²) in [6.07, 6.45) is 2.34. The van der Waals surface area contributed by atoms with E-state index < -0.39 is 5.63 Å². The number of piperazine rings is 1. The molecule has 2 amide bonds. The summed E-state index contributed by atoms with van der Waals surface area (Å²) < 4.78 is 16.1. The van der Waals surface area contributed by atoms with Crippen molar-refractivity contribution in [1.82, 2.24) is 9.80 Å². The Kier molecular flexibility index (Phi) is 7.70. The first-order chi connectivity index (χ1) is 18.8. The van der Waals surface area contributed by atoms with Crippen LogP contribution in [0.25, 0.3) is 11.0 Å². The number of nitrogens with zero attached hydrogens (tertiary/aromatic N) is 3. The van der Waals surface area contributed by atoms with Crippen LogP contribution in [-0.2, 0) is 4.79 Å². The predicted molar refractivity (Wildman–Crippen MR) is 149 cm³/mol. The van der Waals surface area contributed by atoms with Gasteiger partial charge in [-0.05, 0) is 56.7 Å². The third-order valence-electron chi connectivity index (χ3n) is 7.15. The van der Waals surface area contributed by atoms with Crippen molar-refractivity contribution in [3.05, 3.63) is 75.7 Å². The highest BCUT2D eigenvalue weighted by Gasteiger charge is 2.25. The number of ether oxygens (including phenoxy) is 2. The molecule has 5 rings (SSSR count). The molecule has 0 aliphatic carbocycles. The quantitative estimate of drug-likeness (QED) is 0.336. The maximum Gasteiger partial charge on any atom is 0.336 e. The molecule has 39 heavy (non-hydrogen) atoms. The number of amides is 2. The smallest absolute Gasteiger partial charge is 0.336 e. The molecule has 0 saturated carbocycles. The van der Waals surface area contributed by atoms with E-state index in [0.717, 1.165) is 16.5 Å². The molecular weight excluding hydrogens is 498 g/mol. The second kappa shape index (κ2) is 11.3. The summed E-state index contributed by atoms with van der Waals surface area (Å²) in [7, 11) is 0. The number of carbonyl (C=O) groups is 2. The molecule has 0 spiro atoms. The minimum Gasteiger partial charge on any atom is -0.454 e. The average Bonchev–Trinajstić information content (AvgIpc) is 3.39. The van der Waals surface area contributed by atoms with Crippen LogP contribution >= 0.6 is 0 Å². The first-order valence-electron chi connectivity index (χ1n) is 13.2. The van der Waals surface area contributed by atoms with E-state index in [1.807, 2.05) is 43.9 Å². The molecule has 3 aromatic rings. The number of carbonyl (C=O) groups excluding carboxylic acids is 2. The number of hydrogen-bond acceptors (Lipinski definition) is 7. The Hall–Kier alpha value is -4.11. The zero-order chi connectivity index (χ0) is 27.5. The fraction of sp³-hybridized carbons (Fsp3) is 0.367. The summed E-state index contributed by atoms with van der Waals surface area (Å²) in [6.45, 7) is 9.62. The van der Waals surface area contributed by atoms with Gasteiger partial charge in [0.2, 0.25) is 12.7 Å². The molecule has 0 unspecified atom stereocenters. The van der Waals surface area contributed by atoms with Crippen molar-refractivity contribution in [3.8, 4) is 11.5 Å². The van der Waals surface area contributed by atoms with Crippen LogP contribution in [0.4, 0.5) is 5.69 Å². The SMILES string of the molecule is CC(C)=CCN(C(=O)CCN1CCN(C(=O)c2ccc3c(c2)OCO3)CC1)c1ccc2c(C)cc(=O)oc2c1. The van der Waals surface area contributed by atoms with Crippen LogP contribution in [0.1, 0.15) is 36.2 Å². The molecule has 1 saturated heterocycles. The van der Waals surface area contributed by atoms with Crippen molar-refractivity contribution in [1.29, 1.82) is 0 Å². The molecule has 3 heterocycles. The highest BCUT2D eigenvalue weighted by Crippen LogP contribution is 2.33. The third kappa shape index (κ3) is 5.98. The molecule has 2 aromatic carbocycles. The van der Waals surface area contributed by atoms with Gasteiger partial charge in [-0.25, -0.2) is 4.79 Å². The van der Waals surface area contributed by atoms with Crippen LogP contribution in [0.2, 0.25) is 0 Å². The van der Waals surface area contributed by atoms with Crippen LogP contribution in [0.5, 0.6) is 11.5 Å². The van der Waals surface area contributed by atoms with Gasteiger partial charge in [0.15, 0.2) is 11.5 Å². The lowest BCUT2D eigenvalue weighted by atomic mass is 10.1. The average molecular weight is 532 g/mol. The first kappa shape index (κ1) is 26.5. The number of benzene rings is 2. The van der Waals surface area contributed by atoms with Crippen molar-refractivity contribution in [2.45, 2.75) is 27.2 Å². The van der Waals surface area contributed by atoms with E-state index in [1.54, 1.807) is 29.2 Å². The Morgan fingerprint density at radius 1 is 0.974 bits per heavy atom. The van der Waals surface area contributed by atoms with E-state index in [-0.39, 0.29) is 18.6 Å². The zero-order valence-corrected chi connectivity index (χ0v) is 22.6. The Labute approximate surface area is 227 Å². The monoisotopic (exact) mass is 531 g/mol. The van der Waals surface area contributed by atoms with Gasteiger partial charge in [-0.1, -0.05) is 11.6 Å². The van der Waals surface area contributed by atoms with Gasteiger partial charge in [0, 0.05) is 74.5 Å². The number of rotatable bonds is 7. The molecular formula is C30H33N3O6. The van der Waals surface area contributed by atoms with Gasteiger partial charge in [0.1, 0.15) is 5.58 Å². The van der Waals surface area contributed by atoms with E-state index >= 15 is 0 Å². The van der Waals surface area contributed by atoms with Crippen LogP contribution < -0.4 is 20.0 Å². The van der Waals surface area contributed by atoms with Gasteiger partial charge in [-0.2, -0.15) is 0 Å². The fourth-order valence-electron chi connectivity index (χ4n) is 4.88. The second-order valence-corrected chi connectivity index (χ2v) is 10.2. The topological polar surface area (TPSA) is 92.5 Å². The summed E-state index contributed by atoms with van der Waals surface area (Å²) >= 11 is 0. The van der Waals surface area contributed by atoms with Gasteiger partial charge < -0.3 is 23.7 Å².